The number of rotatable bonds is 5. The number of hydrogen-bond donors (Lipinski definition) is 0. The quantitative estimate of drug-likeness (QED) is 0.468. The van der Waals surface area contributed by atoms with Gasteiger partial charge in [-0.05, 0) is 68.1 Å². The summed E-state index contributed by atoms with van der Waals surface area (Å²) in [5, 5.41) is 0. The van der Waals surface area contributed by atoms with E-state index in [9.17, 15) is 13.2 Å². The van der Waals surface area contributed by atoms with Gasteiger partial charge >= 0.3 is 0 Å². The highest BCUT2D eigenvalue weighted by Crippen LogP contribution is 2.38. The summed E-state index contributed by atoms with van der Waals surface area (Å²) in [6, 6.07) is 2.30. The minimum atomic E-state index is -1.37. The Morgan fingerprint density at radius 1 is 1.05 bits per heavy atom. The molecule has 0 bridgehead atoms. The highest BCUT2D eigenvalue weighted by atomic mass is 19.2. The SMILES string of the molecule is C=CC=CCCC1CCC(c2cc(F)c(F)c(F)c2)CC1. The first-order chi connectivity index (χ1) is 10.1. The molecule has 0 heterocycles. The molecular weight excluding hydrogens is 273 g/mol. The largest absolute Gasteiger partial charge is 0.204 e. The van der Waals surface area contributed by atoms with E-state index in [-0.39, 0.29) is 5.92 Å². The Bertz CT molecular complexity index is 488. The monoisotopic (exact) mass is 294 g/mol. The molecular formula is C18H21F3. The maximum Gasteiger partial charge on any atom is 0.194 e. The molecule has 2 rings (SSSR count). The van der Waals surface area contributed by atoms with Crippen LogP contribution >= 0.6 is 0 Å². The van der Waals surface area contributed by atoms with Crippen molar-refractivity contribution in [3.8, 4) is 0 Å². The van der Waals surface area contributed by atoms with Gasteiger partial charge in [0.2, 0.25) is 0 Å². The lowest BCUT2D eigenvalue weighted by Crippen LogP contribution is -2.14. The third-order valence-corrected chi connectivity index (χ3v) is 4.34. The van der Waals surface area contributed by atoms with Crippen LogP contribution in [-0.2, 0) is 0 Å². The van der Waals surface area contributed by atoms with E-state index in [1.807, 2.05) is 6.08 Å². The molecule has 0 N–H and O–H groups in total. The summed E-state index contributed by atoms with van der Waals surface area (Å²) >= 11 is 0. The highest BCUT2D eigenvalue weighted by molar-refractivity contribution is 5.23. The minimum Gasteiger partial charge on any atom is -0.204 e. The van der Waals surface area contributed by atoms with Crippen molar-refractivity contribution < 1.29 is 13.2 Å². The molecule has 21 heavy (non-hydrogen) atoms. The molecule has 0 saturated heterocycles. The van der Waals surface area contributed by atoms with Gasteiger partial charge in [0.25, 0.3) is 0 Å². The van der Waals surface area contributed by atoms with Gasteiger partial charge in [-0.3, -0.25) is 0 Å². The van der Waals surface area contributed by atoms with Gasteiger partial charge in [0, 0.05) is 0 Å². The molecule has 1 fully saturated rings. The van der Waals surface area contributed by atoms with Crippen LogP contribution in [0.15, 0.2) is 36.9 Å². The third-order valence-electron chi connectivity index (χ3n) is 4.34. The van der Waals surface area contributed by atoms with E-state index in [1.165, 1.54) is 0 Å². The van der Waals surface area contributed by atoms with Crippen molar-refractivity contribution in [3.63, 3.8) is 0 Å². The predicted octanol–water partition coefficient (Wildman–Crippen LogP) is 5.90. The molecule has 0 aliphatic heterocycles. The summed E-state index contributed by atoms with van der Waals surface area (Å²) in [4.78, 5) is 0. The van der Waals surface area contributed by atoms with Crippen LogP contribution in [0.3, 0.4) is 0 Å². The van der Waals surface area contributed by atoms with Crippen molar-refractivity contribution in [1.29, 1.82) is 0 Å². The predicted molar refractivity (Wildman–Crippen MR) is 79.6 cm³/mol. The second kappa shape index (κ2) is 7.48. The summed E-state index contributed by atoms with van der Waals surface area (Å²) in [6.07, 6.45) is 12.0. The second-order valence-corrected chi connectivity index (χ2v) is 5.76. The van der Waals surface area contributed by atoms with Crippen LogP contribution in [-0.4, -0.2) is 0 Å². The summed E-state index contributed by atoms with van der Waals surface area (Å²) in [5.74, 6) is -2.72. The standard InChI is InChI=1S/C18H21F3/c1-2-3-4-5-6-13-7-9-14(10-8-13)15-11-16(19)18(21)17(20)12-15/h2-4,11-14H,1,5-10H2. The molecule has 0 amide bonds. The van der Waals surface area contributed by atoms with Gasteiger partial charge in [0.05, 0.1) is 0 Å². The molecule has 0 radical (unpaired) electrons. The van der Waals surface area contributed by atoms with Crippen molar-refractivity contribution in [2.75, 3.05) is 0 Å². The van der Waals surface area contributed by atoms with Crippen molar-refractivity contribution in [2.45, 2.75) is 44.4 Å². The molecule has 1 aliphatic carbocycles. The van der Waals surface area contributed by atoms with Gasteiger partial charge in [0.1, 0.15) is 0 Å². The van der Waals surface area contributed by atoms with E-state index in [0.717, 1.165) is 50.7 Å². The Morgan fingerprint density at radius 2 is 1.67 bits per heavy atom. The fourth-order valence-corrected chi connectivity index (χ4v) is 3.12. The van der Waals surface area contributed by atoms with E-state index in [4.69, 9.17) is 0 Å². The normalized spacial score (nSPS) is 22.6. The van der Waals surface area contributed by atoms with Crippen LogP contribution < -0.4 is 0 Å². The Kier molecular flexibility index (Phi) is 5.66. The summed E-state index contributed by atoms with van der Waals surface area (Å²) < 4.78 is 39.5. The molecule has 114 valence electrons. The fraction of sp³-hybridized carbons (Fsp3) is 0.444. The van der Waals surface area contributed by atoms with Gasteiger partial charge in [-0.15, -0.1) is 0 Å². The van der Waals surface area contributed by atoms with E-state index >= 15 is 0 Å². The van der Waals surface area contributed by atoms with Gasteiger partial charge in [0.15, 0.2) is 17.5 Å². The Morgan fingerprint density at radius 3 is 2.24 bits per heavy atom. The van der Waals surface area contributed by atoms with Gasteiger partial charge in [-0.1, -0.05) is 24.8 Å². The number of halogens is 3. The van der Waals surface area contributed by atoms with Crippen LogP contribution in [0, 0.1) is 23.4 Å². The average molecular weight is 294 g/mol. The highest BCUT2D eigenvalue weighted by Gasteiger charge is 2.23. The number of benzene rings is 1. The van der Waals surface area contributed by atoms with Crippen LogP contribution in [0.25, 0.3) is 0 Å². The van der Waals surface area contributed by atoms with Gasteiger partial charge < -0.3 is 0 Å². The molecule has 1 aliphatic rings. The van der Waals surface area contributed by atoms with Crippen LogP contribution in [0.2, 0.25) is 0 Å². The topological polar surface area (TPSA) is 0 Å². The molecule has 3 heteroatoms. The smallest absolute Gasteiger partial charge is 0.194 e. The summed E-state index contributed by atoms with van der Waals surface area (Å²) in [7, 11) is 0. The maximum absolute atomic E-state index is 13.3. The second-order valence-electron chi connectivity index (χ2n) is 5.76. The van der Waals surface area contributed by atoms with E-state index < -0.39 is 17.5 Å². The Hall–Kier alpha value is -1.51. The molecule has 0 aromatic heterocycles. The molecule has 0 spiro atoms. The van der Waals surface area contributed by atoms with Gasteiger partial charge in [-0.2, -0.15) is 0 Å². The lowest BCUT2D eigenvalue weighted by Gasteiger charge is -2.28. The first kappa shape index (κ1) is 15.9. The van der Waals surface area contributed by atoms with Crippen LogP contribution in [0.4, 0.5) is 13.2 Å². The van der Waals surface area contributed by atoms with Crippen LogP contribution in [0.1, 0.15) is 50.0 Å². The lowest BCUT2D eigenvalue weighted by atomic mass is 9.77. The molecule has 0 atom stereocenters. The lowest BCUT2D eigenvalue weighted by molar-refractivity contribution is 0.310. The Labute approximate surface area is 124 Å². The molecule has 0 nitrogen and oxygen atoms in total. The van der Waals surface area contributed by atoms with E-state index in [1.54, 1.807) is 6.08 Å². The van der Waals surface area contributed by atoms with Crippen molar-refractivity contribution in [3.05, 3.63) is 60.0 Å². The van der Waals surface area contributed by atoms with Crippen molar-refractivity contribution in [1.82, 2.24) is 0 Å². The molecule has 1 aromatic carbocycles. The zero-order valence-electron chi connectivity index (χ0n) is 12.1. The first-order valence-corrected chi connectivity index (χ1v) is 7.53. The Balaban J connectivity index is 1.89. The molecule has 1 saturated carbocycles. The first-order valence-electron chi connectivity index (χ1n) is 7.53. The molecule has 0 unspecified atom stereocenters. The maximum atomic E-state index is 13.3. The fourth-order valence-electron chi connectivity index (χ4n) is 3.12. The number of allylic oxidation sites excluding steroid dienone is 3. The van der Waals surface area contributed by atoms with Crippen molar-refractivity contribution in [2.24, 2.45) is 5.92 Å². The number of hydrogen-bond acceptors (Lipinski definition) is 0. The minimum absolute atomic E-state index is 0.148. The molecule has 1 aromatic rings. The summed E-state index contributed by atoms with van der Waals surface area (Å²) in [6.45, 7) is 3.63. The zero-order chi connectivity index (χ0) is 15.2. The zero-order valence-corrected chi connectivity index (χ0v) is 12.1. The summed E-state index contributed by atoms with van der Waals surface area (Å²) in [5.41, 5.74) is 0.594. The van der Waals surface area contributed by atoms with Gasteiger partial charge in [-0.25, -0.2) is 13.2 Å². The average Bonchev–Trinajstić information content (AvgIpc) is 2.49. The third kappa shape index (κ3) is 4.23. The van der Waals surface area contributed by atoms with E-state index in [0.29, 0.717) is 11.5 Å². The van der Waals surface area contributed by atoms with Crippen molar-refractivity contribution >= 4 is 0 Å². The van der Waals surface area contributed by atoms with Crippen LogP contribution in [0.5, 0.6) is 0 Å². The van der Waals surface area contributed by atoms with E-state index in [2.05, 4.69) is 12.7 Å².